The van der Waals surface area contributed by atoms with E-state index in [0.29, 0.717) is 24.3 Å². The molecule has 1 aliphatic heterocycles. The number of amides is 1. The van der Waals surface area contributed by atoms with Crippen molar-refractivity contribution in [3.63, 3.8) is 0 Å². The van der Waals surface area contributed by atoms with Crippen molar-refractivity contribution in [1.29, 1.82) is 0 Å². The van der Waals surface area contributed by atoms with E-state index in [4.69, 9.17) is 4.84 Å². The summed E-state index contributed by atoms with van der Waals surface area (Å²) < 4.78 is 0. The van der Waals surface area contributed by atoms with Gasteiger partial charge in [0.2, 0.25) is 0 Å². The number of benzene rings is 1. The minimum absolute atomic E-state index is 0.0105. The number of carbonyl (C=O) groups excluding carboxylic acids is 1. The van der Waals surface area contributed by atoms with Gasteiger partial charge in [-0.2, -0.15) is 0 Å². The molecule has 0 N–H and O–H groups in total. The van der Waals surface area contributed by atoms with Gasteiger partial charge in [0.25, 0.3) is 11.6 Å². The van der Waals surface area contributed by atoms with Gasteiger partial charge in [-0.05, 0) is 31.4 Å². The average Bonchev–Trinajstić information content (AvgIpc) is 2.38. The predicted molar refractivity (Wildman–Crippen MR) is 64.1 cm³/mol. The van der Waals surface area contributed by atoms with Crippen molar-refractivity contribution in [3.8, 4) is 0 Å². The summed E-state index contributed by atoms with van der Waals surface area (Å²) in [6.45, 7) is 2.79. The molecule has 96 valence electrons. The molecule has 0 spiro atoms. The molecule has 1 aromatic rings. The Morgan fingerprint density at radius 1 is 1.44 bits per heavy atom. The Bertz CT molecular complexity index is 481. The van der Waals surface area contributed by atoms with Gasteiger partial charge in [0.05, 0.1) is 11.5 Å². The summed E-state index contributed by atoms with van der Waals surface area (Å²) >= 11 is 0. The summed E-state index contributed by atoms with van der Waals surface area (Å²) in [5.41, 5.74) is 1.02. The van der Waals surface area contributed by atoms with E-state index in [-0.39, 0.29) is 11.6 Å². The Hall–Kier alpha value is -1.95. The van der Waals surface area contributed by atoms with Crippen LogP contribution >= 0.6 is 0 Å². The summed E-state index contributed by atoms with van der Waals surface area (Å²) in [7, 11) is 0. The third-order valence-electron chi connectivity index (χ3n) is 2.88. The van der Waals surface area contributed by atoms with Gasteiger partial charge in [-0.3, -0.25) is 19.7 Å². The maximum atomic E-state index is 12.1. The molecule has 18 heavy (non-hydrogen) atoms. The second-order valence-corrected chi connectivity index (χ2v) is 4.20. The van der Waals surface area contributed by atoms with Crippen LogP contribution in [0.4, 0.5) is 5.69 Å². The fourth-order valence-corrected chi connectivity index (χ4v) is 1.89. The molecule has 6 heteroatoms. The maximum absolute atomic E-state index is 12.1. The fourth-order valence-electron chi connectivity index (χ4n) is 1.89. The van der Waals surface area contributed by atoms with Gasteiger partial charge in [-0.1, -0.05) is 0 Å². The fraction of sp³-hybridized carbons (Fsp3) is 0.417. The monoisotopic (exact) mass is 250 g/mol. The first-order valence-corrected chi connectivity index (χ1v) is 5.79. The van der Waals surface area contributed by atoms with E-state index < -0.39 is 4.92 Å². The van der Waals surface area contributed by atoms with Crippen LogP contribution in [0.25, 0.3) is 0 Å². The molecule has 0 atom stereocenters. The molecular weight excluding hydrogens is 236 g/mol. The van der Waals surface area contributed by atoms with Gasteiger partial charge >= 0.3 is 0 Å². The van der Waals surface area contributed by atoms with Crippen molar-refractivity contribution >= 4 is 11.6 Å². The zero-order valence-electron chi connectivity index (χ0n) is 10.1. The number of hydrogen-bond acceptors (Lipinski definition) is 4. The van der Waals surface area contributed by atoms with Gasteiger partial charge in [-0.25, -0.2) is 5.06 Å². The molecule has 0 saturated carbocycles. The highest BCUT2D eigenvalue weighted by molar-refractivity contribution is 5.95. The number of nitrogens with zero attached hydrogens (tertiary/aromatic N) is 2. The predicted octanol–water partition coefficient (Wildman–Crippen LogP) is 2.07. The van der Waals surface area contributed by atoms with Crippen LogP contribution in [0.3, 0.4) is 0 Å². The first kappa shape index (κ1) is 12.5. The van der Waals surface area contributed by atoms with Gasteiger partial charge in [0.15, 0.2) is 0 Å². The van der Waals surface area contributed by atoms with Crippen molar-refractivity contribution < 1.29 is 14.6 Å². The number of rotatable bonds is 2. The minimum atomic E-state index is -0.474. The number of non-ortho nitro benzene ring substituents is 1. The van der Waals surface area contributed by atoms with Crippen LogP contribution in [-0.2, 0) is 4.84 Å². The van der Waals surface area contributed by atoms with E-state index in [1.54, 1.807) is 6.92 Å². The number of nitro benzene ring substituents is 1. The molecule has 0 aromatic heterocycles. The molecule has 1 fully saturated rings. The second-order valence-electron chi connectivity index (χ2n) is 4.20. The summed E-state index contributed by atoms with van der Waals surface area (Å²) in [5, 5.41) is 12.0. The molecule has 1 saturated heterocycles. The quantitative estimate of drug-likeness (QED) is 0.595. The smallest absolute Gasteiger partial charge is 0.271 e. The highest BCUT2D eigenvalue weighted by Gasteiger charge is 2.22. The zero-order chi connectivity index (χ0) is 13.1. The van der Waals surface area contributed by atoms with Crippen molar-refractivity contribution in [2.75, 3.05) is 13.2 Å². The lowest BCUT2D eigenvalue weighted by Gasteiger charge is -2.26. The van der Waals surface area contributed by atoms with E-state index in [2.05, 4.69) is 0 Å². The topological polar surface area (TPSA) is 72.7 Å². The van der Waals surface area contributed by atoms with E-state index >= 15 is 0 Å². The molecule has 1 heterocycles. The van der Waals surface area contributed by atoms with E-state index in [9.17, 15) is 14.9 Å². The molecule has 0 bridgehead atoms. The molecule has 1 aromatic carbocycles. The summed E-state index contributed by atoms with van der Waals surface area (Å²) in [6, 6.07) is 4.22. The average molecular weight is 250 g/mol. The lowest BCUT2D eigenvalue weighted by molar-refractivity contribution is -0.384. The molecule has 1 amide bonds. The number of nitro groups is 1. The first-order chi connectivity index (χ1) is 8.59. The summed E-state index contributed by atoms with van der Waals surface area (Å²) in [5.74, 6) is -0.234. The lowest BCUT2D eigenvalue weighted by Crippen LogP contribution is -2.36. The number of carbonyl (C=O) groups is 1. The van der Waals surface area contributed by atoms with Crippen LogP contribution in [0.1, 0.15) is 28.8 Å². The van der Waals surface area contributed by atoms with E-state index in [0.717, 1.165) is 12.8 Å². The van der Waals surface area contributed by atoms with Gasteiger partial charge in [-0.15, -0.1) is 0 Å². The Morgan fingerprint density at radius 2 is 2.22 bits per heavy atom. The maximum Gasteiger partial charge on any atom is 0.277 e. The first-order valence-electron chi connectivity index (χ1n) is 5.79. The normalized spacial score (nSPS) is 15.5. The SMILES string of the molecule is Cc1cc([N+](=O)[O-])ccc1C(=O)N1CCCCO1. The van der Waals surface area contributed by atoms with Crippen molar-refractivity contribution in [2.24, 2.45) is 0 Å². The van der Waals surface area contributed by atoms with Crippen LogP contribution in [0.15, 0.2) is 18.2 Å². The van der Waals surface area contributed by atoms with Crippen LogP contribution < -0.4 is 0 Å². The number of aryl methyl sites for hydroxylation is 1. The second kappa shape index (κ2) is 5.14. The largest absolute Gasteiger partial charge is 0.277 e. The molecular formula is C12H14N2O4. The number of hydroxylamine groups is 2. The Labute approximate surface area is 104 Å². The van der Waals surface area contributed by atoms with Crippen LogP contribution in [0.5, 0.6) is 0 Å². The minimum Gasteiger partial charge on any atom is -0.271 e. The van der Waals surface area contributed by atoms with Gasteiger partial charge < -0.3 is 0 Å². The van der Waals surface area contributed by atoms with Crippen LogP contribution in [-0.4, -0.2) is 29.0 Å². The highest BCUT2D eigenvalue weighted by Crippen LogP contribution is 2.20. The lowest BCUT2D eigenvalue weighted by atomic mass is 10.1. The van der Waals surface area contributed by atoms with Crippen LogP contribution in [0, 0.1) is 17.0 Å². The van der Waals surface area contributed by atoms with E-state index in [1.165, 1.54) is 23.3 Å². The molecule has 2 rings (SSSR count). The Morgan fingerprint density at radius 3 is 2.78 bits per heavy atom. The molecule has 6 nitrogen and oxygen atoms in total. The highest BCUT2D eigenvalue weighted by atomic mass is 16.7. The summed E-state index contributed by atoms with van der Waals surface area (Å²) in [4.78, 5) is 27.6. The molecule has 1 aliphatic rings. The van der Waals surface area contributed by atoms with Crippen molar-refractivity contribution in [2.45, 2.75) is 19.8 Å². The van der Waals surface area contributed by atoms with Crippen molar-refractivity contribution in [1.82, 2.24) is 5.06 Å². The van der Waals surface area contributed by atoms with Crippen LogP contribution in [0.2, 0.25) is 0 Å². The summed E-state index contributed by atoms with van der Waals surface area (Å²) in [6.07, 6.45) is 1.86. The van der Waals surface area contributed by atoms with Gasteiger partial charge in [0, 0.05) is 24.2 Å². The zero-order valence-corrected chi connectivity index (χ0v) is 10.1. The third-order valence-corrected chi connectivity index (χ3v) is 2.88. The van der Waals surface area contributed by atoms with Crippen molar-refractivity contribution in [3.05, 3.63) is 39.4 Å². The molecule has 0 radical (unpaired) electrons. The molecule has 0 unspecified atom stereocenters. The van der Waals surface area contributed by atoms with E-state index in [1.807, 2.05) is 0 Å². The van der Waals surface area contributed by atoms with Gasteiger partial charge in [0.1, 0.15) is 0 Å². The third kappa shape index (κ3) is 2.48. The molecule has 0 aliphatic carbocycles. The standard InChI is InChI=1S/C12H14N2O4/c1-9-8-10(14(16)17)4-5-11(9)12(15)13-6-2-3-7-18-13/h4-5,8H,2-3,6-7H2,1H3. The Balaban J connectivity index is 2.22. The Kier molecular flexibility index (Phi) is 3.57. The number of hydrogen-bond donors (Lipinski definition) is 0.